The lowest BCUT2D eigenvalue weighted by Crippen LogP contribution is -2.47. The fourth-order valence-corrected chi connectivity index (χ4v) is 5.18. The van der Waals surface area contributed by atoms with Crippen LogP contribution in [0.15, 0.2) is 24.3 Å². The second kappa shape index (κ2) is 8.16. The molecule has 8 nitrogen and oxygen atoms in total. The molecule has 2 fully saturated rings. The normalized spacial score (nSPS) is 23.1. The smallest absolute Gasteiger partial charge is 0.225 e. The fraction of sp³-hybridized carbons (Fsp3) is 0.478. The molecule has 5 rings (SSSR count). The predicted octanol–water partition coefficient (Wildman–Crippen LogP) is 4.03. The number of fused-ring (bicyclic) bond motifs is 3. The first-order valence-corrected chi connectivity index (χ1v) is 11.1. The summed E-state index contributed by atoms with van der Waals surface area (Å²) in [5, 5.41) is 24.2. The van der Waals surface area contributed by atoms with Gasteiger partial charge in [0.05, 0.1) is 11.6 Å². The van der Waals surface area contributed by atoms with Gasteiger partial charge in [-0.05, 0) is 51.2 Å². The average Bonchev–Trinajstić information content (AvgIpc) is 3.26. The molecule has 0 aliphatic carbocycles. The Morgan fingerprint density at radius 2 is 2.00 bits per heavy atom. The molecule has 2 aromatic heterocycles. The summed E-state index contributed by atoms with van der Waals surface area (Å²) in [4.78, 5) is 12.2. The second-order valence-corrected chi connectivity index (χ2v) is 8.77. The quantitative estimate of drug-likeness (QED) is 0.557. The van der Waals surface area contributed by atoms with Crippen LogP contribution in [0.4, 0.5) is 17.6 Å². The molecule has 3 atom stereocenters. The number of benzene rings is 1. The molecule has 0 radical (unpaired) electrons. The third-order valence-corrected chi connectivity index (χ3v) is 6.58. The van der Waals surface area contributed by atoms with Gasteiger partial charge in [0, 0.05) is 48.2 Å². The van der Waals surface area contributed by atoms with Gasteiger partial charge in [-0.25, -0.2) is 4.98 Å². The summed E-state index contributed by atoms with van der Waals surface area (Å²) in [6.45, 7) is 4.95. The molecule has 8 heteroatoms. The number of rotatable bonds is 6. The van der Waals surface area contributed by atoms with Crippen molar-refractivity contribution >= 4 is 28.5 Å². The van der Waals surface area contributed by atoms with E-state index in [4.69, 9.17) is 15.2 Å². The molecule has 3 aromatic rings. The van der Waals surface area contributed by atoms with Crippen LogP contribution < -0.4 is 10.6 Å². The van der Waals surface area contributed by atoms with E-state index in [-0.39, 0.29) is 0 Å². The lowest BCUT2D eigenvalue weighted by molar-refractivity contribution is 0.135. The summed E-state index contributed by atoms with van der Waals surface area (Å²) >= 11 is 0. The van der Waals surface area contributed by atoms with Crippen molar-refractivity contribution in [2.45, 2.75) is 64.1 Å². The van der Waals surface area contributed by atoms with Crippen LogP contribution >= 0.6 is 0 Å². The highest BCUT2D eigenvalue weighted by molar-refractivity contribution is 5.93. The highest BCUT2D eigenvalue weighted by Crippen LogP contribution is 2.37. The van der Waals surface area contributed by atoms with Crippen molar-refractivity contribution in [1.29, 1.82) is 5.26 Å². The molecular weight excluding hydrogens is 388 g/mol. The van der Waals surface area contributed by atoms with Gasteiger partial charge >= 0.3 is 0 Å². The number of aromatic amines is 1. The Morgan fingerprint density at radius 3 is 2.71 bits per heavy atom. The van der Waals surface area contributed by atoms with Gasteiger partial charge in [-0.2, -0.15) is 15.3 Å². The molecule has 4 heterocycles. The highest BCUT2D eigenvalue weighted by atomic mass is 15.3. The van der Waals surface area contributed by atoms with Gasteiger partial charge in [-0.1, -0.05) is 12.1 Å². The lowest BCUT2D eigenvalue weighted by Gasteiger charge is -2.38. The zero-order valence-corrected chi connectivity index (χ0v) is 18.0. The number of nitrogens with one attached hydrogen (secondary N) is 3. The Kier molecular flexibility index (Phi) is 5.20. The van der Waals surface area contributed by atoms with Crippen LogP contribution in [0.5, 0.6) is 0 Å². The number of para-hydroxylation sites is 1. The van der Waals surface area contributed by atoms with Gasteiger partial charge in [0.2, 0.25) is 5.95 Å². The number of aromatic nitrogens is 4. The molecule has 0 spiro atoms. The van der Waals surface area contributed by atoms with Gasteiger partial charge in [0.15, 0.2) is 5.82 Å². The van der Waals surface area contributed by atoms with Crippen molar-refractivity contribution in [3.05, 3.63) is 35.5 Å². The maximum absolute atomic E-state index is 8.96. The minimum atomic E-state index is 0.345. The van der Waals surface area contributed by atoms with E-state index >= 15 is 0 Å². The van der Waals surface area contributed by atoms with Gasteiger partial charge in [0.25, 0.3) is 0 Å². The number of nitrogens with zero attached hydrogens (tertiary/aromatic N) is 5. The lowest BCUT2D eigenvalue weighted by atomic mass is 9.97. The number of aryl methyl sites for hydroxylation is 2. The zero-order chi connectivity index (χ0) is 21.4. The Labute approximate surface area is 182 Å². The topological polar surface area (TPSA) is 106 Å². The Balaban J connectivity index is 1.40. The van der Waals surface area contributed by atoms with E-state index in [0.717, 1.165) is 53.2 Å². The van der Waals surface area contributed by atoms with Crippen molar-refractivity contribution in [1.82, 2.24) is 25.1 Å². The monoisotopic (exact) mass is 416 g/mol. The summed E-state index contributed by atoms with van der Waals surface area (Å²) in [7, 11) is 0. The number of H-pyrrole nitrogens is 1. The molecule has 1 unspecified atom stereocenters. The number of piperidine rings is 1. The molecule has 160 valence electrons. The molecule has 2 bridgehead atoms. The van der Waals surface area contributed by atoms with Gasteiger partial charge in [-0.3, -0.25) is 10.00 Å². The highest BCUT2D eigenvalue weighted by Gasteiger charge is 2.40. The molecule has 2 saturated heterocycles. The van der Waals surface area contributed by atoms with Gasteiger partial charge in [0.1, 0.15) is 5.82 Å². The van der Waals surface area contributed by atoms with Crippen LogP contribution in [-0.4, -0.2) is 49.7 Å². The number of anilines is 3. The maximum Gasteiger partial charge on any atom is 0.225 e. The average molecular weight is 417 g/mol. The number of hydrogen-bond donors (Lipinski definition) is 3. The third kappa shape index (κ3) is 3.93. The number of nitriles is 1. The molecule has 0 saturated carbocycles. The van der Waals surface area contributed by atoms with E-state index in [9.17, 15) is 0 Å². The van der Waals surface area contributed by atoms with E-state index in [1.54, 1.807) is 0 Å². The van der Waals surface area contributed by atoms with E-state index in [1.807, 2.05) is 25.1 Å². The molecule has 3 N–H and O–H groups in total. The largest absolute Gasteiger partial charge is 0.351 e. The minimum Gasteiger partial charge on any atom is -0.351 e. The Morgan fingerprint density at radius 1 is 1.19 bits per heavy atom. The second-order valence-electron chi connectivity index (χ2n) is 8.77. The predicted molar refractivity (Wildman–Crippen MR) is 121 cm³/mol. The molecule has 0 amide bonds. The minimum absolute atomic E-state index is 0.345. The SMILES string of the molecule is Cc1cc(Nc2nc(NC3C[C@H]4CC[C@@H](C3)N4CCC#N)nc3c(C)cccc23)n[nH]1. The molecule has 2 aliphatic rings. The van der Waals surface area contributed by atoms with E-state index in [2.05, 4.69) is 44.8 Å². The van der Waals surface area contributed by atoms with Crippen molar-refractivity contribution in [3.8, 4) is 6.07 Å². The van der Waals surface area contributed by atoms with Crippen molar-refractivity contribution in [2.24, 2.45) is 0 Å². The summed E-state index contributed by atoms with van der Waals surface area (Å²) in [5.74, 6) is 2.16. The number of hydrogen-bond acceptors (Lipinski definition) is 7. The molecular formula is C23H28N8. The first-order chi connectivity index (χ1) is 15.1. The van der Waals surface area contributed by atoms with Crippen molar-refractivity contribution in [2.75, 3.05) is 17.2 Å². The first kappa shape index (κ1) is 19.8. The van der Waals surface area contributed by atoms with Crippen LogP contribution in [-0.2, 0) is 0 Å². The van der Waals surface area contributed by atoms with E-state index < -0.39 is 0 Å². The third-order valence-electron chi connectivity index (χ3n) is 6.58. The fourth-order valence-electron chi connectivity index (χ4n) is 5.18. The van der Waals surface area contributed by atoms with Crippen LogP contribution in [0.2, 0.25) is 0 Å². The van der Waals surface area contributed by atoms with Crippen molar-refractivity contribution in [3.63, 3.8) is 0 Å². The van der Waals surface area contributed by atoms with Gasteiger partial charge in [-0.15, -0.1) is 0 Å². The maximum atomic E-state index is 8.96. The summed E-state index contributed by atoms with van der Waals surface area (Å²) in [5.41, 5.74) is 3.06. The van der Waals surface area contributed by atoms with Crippen LogP contribution in [0.3, 0.4) is 0 Å². The Hall–Kier alpha value is -3.18. The molecule has 31 heavy (non-hydrogen) atoms. The van der Waals surface area contributed by atoms with Crippen LogP contribution in [0, 0.1) is 25.2 Å². The zero-order valence-electron chi connectivity index (χ0n) is 18.0. The summed E-state index contributed by atoms with van der Waals surface area (Å²) in [6, 6.07) is 11.9. The van der Waals surface area contributed by atoms with Crippen molar-refractivity contribution < 1.29 is 0 Å². The molecule has 2 aliphatic heterocycles. The molecule has 1 aromatic carbocycles. The van der Waals surface area contributed by atoms with Gasteiger partial charge < -0.3 is 10.6 Å². The van der Waals surface area contributed by atoms with Crippen LogP contribution in [0.25, 0.3) is 10.9 Å². The first-order valence-electron chi connectivity index (χ1n) is 11.1. The standard InChI is InChI=1S/C23H28N8/c1-14-5-3-6-19-21(14)27-23(28-22(19)26-20-11-15(2)29-30-20)25-16-12-17-7-8-18(13-16)31(17)10-4-9-24/h3,5-6,11,16-18H,4,7-8,10,12-13H2,1-2H3,(H3,25,26,27,28,29,30)/t16?,17-,18+. The Bertz CT molecular complexity index is 1120. The van der Waals surface area contributed by atoms with Crippen LogP contribution in [0.1, 0.15) is 43.4 Å². The van der Waals surface area contributed by atoms with E-state index in [1.165, 1.54) is 12.8 Å². The summed E-state index contributed by atoms with van der Waals surface area (Å²) < 4.78 is 0. The summed E-state index contributed by atoms with van der Waals surface area (Å²) in [6.07, 6.45) is 5.19. The van der Waals surface area contributed by atoms with E-state index in [0.29, 0.717) is 30.5 Å².